The summed E-state index contributed by atoms with van der Waals surface area (Å²) in [5.74, 6) is 1.64. The summed E-state index contributed by atoms with van der Waals surface area (Å²) >= 11 is 0. The Kier molecular flexibility index (Phi) is 8.32. The summed E-state index contributed by atoms with van der Waals surface area (Å²) in [4.78, 5) is 46.4. The van der Waals surface area contributed by atoms with E-state index in [1.54, 1.807) is 44.6 Å². The van der Waals surface area contributed by atoms with Crippen LogP contribution < -0.4 is 30.1 Å². The molecular weight excluding hydrogens is 594 g/mol. The number of para-hydroxylation sites is 2. The van der Waals surface area contributed by atoms with Gasteiger partial charge in [-0.05, 0) is 73.0 Å². The number of hydrogen-bond donors (Lipinski definition) is 1. The number of methoxy groups -OCH3 is 2. The Morgan fingerprint density at radius 3 is 2.28 bits per heavy atom. The summed E-state index contributed by atoms with van der Waals surface area (Å²) in [6.07, 6.45) is 1.02. The topological polar surface area (TPSA) is 96.3 Å². The molecule has 2 unspecified atom stereocenters. The summed E-state index contributed by atoms with van der Waals surface area (Å²) in [5.41, 5.74) is 4.60. The molecule has 2 fully saturated rings. The van der Waals surface area contributed by atoms with Crippen molar-refractivity contribution in [3.8, 4) is 11.5 Å². The molecule has 2 saturated heterocycles. The highest BCUT2D eigenvalue weighted by Crippen LogP contribution is 2.39. The lowest BCUT2D eigenvalue weighted by molar-refractivity contribution is 0.0746. The lowest BCUT2D eigenvalue weighted by Gasteiger charge is -2.44. The molecule has 4 heterocycles. The van der Waals surface area contributed by atoms with E-state index in [0.717, 1.165) is 35.8 Å². The molecule has 2 amide bonds. The predicted molar refractivity (Wildman–Crippen MR) is 182 cm³/mol. The normalized spacial score (nSPS) is 18.7. The number of anilines is 3. The standard InChI is InChI=1S/C37H39N5O5/c1-46-29-13-10-26(11-14-29)36(44)38-30-21-27(37(45)40-18-16-39(17-19-40)33-6-3-4-8-34(33)47-2)12-15-32(30)41-22-25-20-28(24-41)31-7-5-9-35(43)42(31)23-25/h3-15,21,25,28H,16-20,22-24H2,1-2H3,(H,38,44). The van der Waals surface area contributed by atoms with Gasteiger partial charge in [0.25, 0.3) is 17.4 Å². The molecule has 3 aliphatic rings. The maximum atomic E-state index is 13.9. The molecule has 0 aliphatic carbocycles. The van der Waals surface area contributed by atoms with Crippen LogP contribution in [0.5, 0.6) is 11.5 Å². The van der Waals surface area contributed by atoms with E-state index in [0.29, 0.717) is 67.8 Å². The number of carbonyl (C=O) groups excluding carboxylic acids is 2. The molecule has 2 atom stereocenters. The lowest BCUT2D eigenvalue weighted by atomic mass is 9.83. The number of carbonyl (C=O) groups is 2. The van der Waals surface area contributed by atoms with Gasteiger partial charge in [-0.2, -0.15) is 0 Å². The third kappa shape index (κ3) is 6.03. The second-order valence-electron chi connectivity index (χ2n) is 12.5. The zero-order valence-corrected chi connectivity index (χ0v) is 26.7. The van der Waals surface area contributed by atoms with Crippen LogP contribution in [0.3, 0.4) is 0 Å². The van der Waals surface area contributed by atoms with E-state index in [9.17, 15) is 14.4 Å². The second kappa shape index (κ2) is 12.9. The van der Waals surface area contributed by atoms with Crippen LogP contribution in [-0.2, 0) is 6.54 Å². The first-order valence-electron chi connectivity index (χ1n) is 16.1. The molecule has 47 heavy (non-hydrogen) atoms. The fourth-order valence-corrected chi connectivity index (χ4v) is 7.30. The van der Waals surface area contributed by atoms with Crippen molar-refractivity contribution < 1.29 is 19.1 Å². The van der Waals surface area contributed by atoms with Gasteiger partial charge in [-0.1, -0.05) is 18.2 Å². The van der Waals surface area contributed by atoms with Crippen LogP contribution in [0.2, 0.25) is 0 Å². The Balaban J connectivity index is 1.15. The summed E-state index contributed by atoms with van der Waals surface area (Å²) < 4.78 is 12.7. The highest BCUT2D eigenvalue weighted by atomic mass is 16.5. The van der Waals surface area contributed by atoms with Crippen LogP contribution in [0.15, 0.2) is 89.7 Å². The molecule has 3 aliphatic heterocycles. The van der Waals surface area contributed by atoms with E-state index < -0.39 is 0 Å². The number of nitrogens with zero attached hydrogens (tertiary/aromatic N) is 4. The number of hydrogen-bond acceptors (Lipinski definition) is 7. The number of piperazine rings is 1. The average molecular weight is 634 g/mol. The van der Waals surface area contributed by atoms with Gasteiger partial charge >= 0.3 is 0 Å². The zero-order valence-electron chi connectivity index (χ0n) is 26.7. The minimum Gasteiger partial charge on any atom is -0.497 e. The maximum Gasteiger partial charge on any atom is 0.255 e. The average Bonchev–Trinajstić information content (AvgIpc) is 3.11. The predicted octanol–water partition coefficient (Wildman–Crippen LogP) is 4.70. The van der Waals surface area contributed by atoms with E-state index in [-0.39, 0.29) is 23.3 Å². The highest BCUT2D eigenvalue weighted by molar-refractivity contribution is 6.07. The maximum absolute atomic E-state index is 13.9. The van der Waals surface area contributed by atoms with Crippen LogP contribution in [0.1, 0.15) is 38.7 Å². The van der Waals surface area contributed by atoms with Gasteiger partial charge in [-0.25, -0.2) is 0 Å². The van der Waals surface area contributed by atoms with Gasteiger partial charge < -0.3 is 34.1 Å². The number of benzene rings is 3. The Hall–Kier alpha value is -5.25. The molecule has 7 rings (SSSR count). The Morgan fingerprint density at radius 2 is 1.51 bits per heavy atom. The number of pyridine rings is 1. The molecule has 0 radical (unpaired) electrons. The van der Waals surface area contributed by atoms with E-state index in [1.165, 1.54) is 0 Å². The third-order valence-electron chi connectivity index (χ3n) is 9.66. The molecule has 0 spiro atoms. The molecule has 10 nitrogen and oxygen atoms in total. The van der Waals surface area contributed by atoms with Crippen LogP contribution in [0, 0.1) is 5.92 Å². The molecule has 4 aromatic rings. The molecule has 10 heteroatoms. The summed E-state index contributed by atoms with van der Waals surface area (Å²) in [5, 5.41) is 3.13. The van der Waals surface area contributed by atoms with Crippen LogP contribution >= 0.6 is 0 Å². The Labute approximate surface area is 274 Å². The Morgan fingerprint density at radius 1 is 0.745 bits per heavy atom. The number of aromatic nitrogens is 1. The summed E-state index contributed by atoms with van der Waals surface area (Å²) in [6.45, 7) is 4.65. The van der Waals surface area contributed by atoms with Gasteiger partial charge in [0.2, 0.25) is 0 Å². The first kappa shape index (κ1) is 30.4. The van der Waals surface area contributed by atoms with Gasteiger partial charge in [0.1, 0.15) is 11.5 Å². The van der Waals surface area contributed by atoms with Gasteiger partial charge in [-0.15, -0.1) is 0 Å². The molecular formula is C37H39N5O5. The van der Waals surface area contributed by atoms with Crippen LogP contribution in [0.25, 0.3) is 0 Å². The first-order chi connectivity index (χ1) is 22.9. The molecule has 2 bridgehead atoms. The smallest absolute Gasteiger partial charge is 0.255 e. The Bertz CT molecular complexity index is 1850. The van der Waals surface area contributed by atoms with E-state index >= 15 is 0 Å². The largest absolute Gasteiger partial charge is 0.497 e. The van der Waals surface area contributed by atoms with Gasteiger partial charge in [0.05, 0.1) is 31.3 Å². The van der Waals surface area contributed by atoms with Gasteiger partial charge in [0.15, 0.2) is 0 Å². The van der Waals surface area contributed by atoms with Crippen molar-refractivity contribution in [3.05, 3.63) is 112 Å². The van der Waals surface area contributed by atoms with Crippen molar-refractivity contribution in [2.75, 3.05) is 68.6 Å². The fraction of sp³-hybridized carbons (Fsp3) is 0.324. The van der Waals surface area contributed by atoms with Crippen molar-refractivity contribution in [2.45, 2.75) is 18.9 Å². The SMILES string of the molecule is COc1ccc(C(=O)Nc2cc(C(=O)N3CCN(c4ccccc4OC)CC3)ccc2N2CC3CC(C2)c2cccc(=O)n2C3)cc1. The zero-order chi connectivity index (χ0) is 32.5. The number of nitrogens with one attached hydrogen (secondary N) is 1. The van der Waals surface area contributed by atoms with Crippen molar-refractivity contribution >= 4 is 28.9 Å². The fourth-order valence-electron chi connectivity index (χ4n) is 7.30. The lowest BCUT2D eigenvalue weighted by Crippen LogP contribution is -2.49. The molecule has 3 aromatic carbocycles. The van der Waals surface area contributed by atoms with E-state index in [2.05, 4.69) is 15.1 Å². The van der Waals surface area contributed by atoms with Crippen LogP contribution in [0.4, 0.5) is 17.1 Å². The monoisotopic (exact) mass is 633 g/mol. The molecule has 0 saturated carbocycles. The number of amides is 2. The highest BCUT2D eigenvalue weighted by Gasteiger charge is 2.35. The van der Waals surface area contributed by atoms with Crippen molar-refractivity contribution in [1.82, 2.24) is 9.47 Å². The van der Waals surface area contributed by atoms with Crippen molar-refractivity contribution in [1.29, 1.82) is 0 Å². The second-order valence-corrected chi connectivity index (χ2v) is 12.5. The van der Waals surface area contributed by atoms with Crippen LogP contribution in [-0.4, -0.2) is 74.8 Å². The minimum atomic E-state index is -0.266. The van der Waals surface area contributed by atoms with E-state index in [4.69, 9.17) is 9.47 Å². The third-order valence-corrected chi connectivity index (χ3v) is 9.66. The molecule has 242 valence electrons. The number of piperidine rings is 1. The molecule has 1 N–H and O–H groups in total. The van der Waals surface area contributed by atoms with E-state index in [1.807, 2.05) is 64.1 Å². The summed E-state index contributed by atoms with van der Waals surface area (Å²) in [7, 11) is 3.26. The van der Waals surface area contributed by atoms with Crippen molar-refractivity contribution in [3.63, 3.8) is 0 Å². The first-order valence-corrected chi connectivity index (χ1v) is 16.1. The summed E-state index contributed by atoms with van der Waals surface area (Å²) in [6, 6.07) is 26.1. The number of rotatable bonds is 7. The minimum absolute atomic E-state index is 0.0460. The quantitative estimate of drug-likeness (QED) is 0.315. The molecule has 1 aromatic heterocycles. The number of ether oxygens (including phenoxy) is 2. The number of fused-ring (bicyclic) bond motifs is 4. The van der Waals surface area contributed by atoms with Crippen molar-refractivity contribution in [2.24, 2.45) is 5.92 Å². The van der Waals surface area contributed by atoms with Gasteiger partial charge in [-0.3, -0.25) is 14.4 Å². The van der Waals surface area contributed by atoms with Gasteiger partial charge in [0, 0.05) is 74.6 Å².